The Balaban J connectivity index is 1.71. The van der Waals surface area contributed by atoms with Gasteiger partial charge in [0.05, 0.1) is 31.3 Å². The van der Waals surface area contributed by atoms with E-state index >= 15 is 0 Å². The third kappa shape index (κ3) is 6.30. The molecule has 0 bridgehead atoms. The zero-order valence-corrected chi connectivity index (χ0v) is 18.6. The molecule has 0 N–H and O–H groups in total. The number of hydrogen-bond acceptors (Lipinski definition) is 5. The minimum Gasteiger partial charge on any atom is -0.494 e. The van der Waals surface area contributed by atoms with Crippen LogP contribution in [0.25, 0.3) is 0 Å². The third-order valence-corrected chi connectivity index (χ3v) is 5.25. The van der Waals surface area contributed by atoms with Crippen LogP contribution in [0.5, 0.6) is 5.75 Å². The number of morpholine rings is 1. The van der Waals surface area contributed by atoms with Crippen molar-refractivity contribution in [3.05, 3.63) is 59.7 Å². The van der Waals surface area contributed by atoms with Gasteiger partial charge < -0.3 is 14.4 Å². The average molecular weight is 422 g/mol. The quantitative estimate of drug-likeness (QED) is 0.637. The molecular formula is C25H31N3O3. The Morgan fingerprint density at radius 3 is 2.35 bits per heavy atom. The molecule has 1 fully saturated rings. The minimum absolute atomic E-state index is 0.112. The molecule has 3 rings (SSSR count). The van der Waals surface area contributed by atoms with E-state index in [-0.39, 0.29) is 24.5 Å². The predicted molar refractivity (Wildman–Crippen MR) is 121 cm³/mol. The van der Waals surface area contributed by atoms with Crippen LogP contribution in [0.15, 0.2) is 48.5 Å². The Kier molecular flexibility index (Phi) is 8.05. The molecule has 0 aliphatic carbocycles. The van der Waals surface area contributed by atoms with Gasteiger partial charge in [-0.2, -0.15) is 5.26 Å². The van der Waals surface area contributed by atoms with Crippen LogP contribution >= 0.6 is 0 Å². The van der Waals surface area contributed by atoms with E-state index in [1.807, 2.05) is 55.5 Å². The van der Waals surface area contributed by atoms with Crippen molar-refractivity contribution in [3.8, 4) is 11.8 Å². The van der Waals surface area contributed by atoms with Gasteiger partial charge >= 0.3 is 0 Å². The van der Waals surface area contributed by atoms with E-state index in [1.54, 1.807) is 4.90 Å². The maximum Gasteiger partial charge on any atom is 0.258 e. The molecule has 31 heavy (non-hydrogen) atoms. The number of nitrogens with zero attached hydrogens (tertiary/aromatic N) is 3. The molecule has 1 amide bonds. The largest absolute Gasteiger partial charge is 0.494 e. The molecule has 6 nitrogen and oxygen atoms in total. The molecule has 1 aliphatic heterocycles. The molecular weight excluding hydrogens is 390 g/mol. The molecule has 164 valence electrons. The highest BCUT2D eigenvalue weighted by Gasteiger charge is 2.22. The molecule has 0 aromatic heterocycles. The second-order valence-corrected chi connectivity index (χ2v) is 7.94. The van der Waals surface area contributed by atoms with E-state index in [1.165, 1.54) is 5.56 Å². The van der Waals surface area contributed by atoms with E-state index < -0.39 is 0 Å². The van der Waals surface area contributed by atoms with Crippen LogP contribution in [0.2, 0.25) is 0 Å². The molecule has 1 heterocycles. The standard InChI is InChI=1S/C25H31N3O3/c1-4-30-24-12-10-23(11-13-24)28(15-5-14-26)25(29)22-8-6-21(7-9-22)18-27-16-19(2)31-20(3)17-27/h6-13,19-20H,4-5,15-18H2,1-3H3. The summed E-state index contributed by atoms with van der Waals surface area (Å²) in [6, 6.07) is 17.3. The summed E-state index contributed by atoms with van der Waals surface area (Å²) in [5.41, 5.74) is 2.53. The van der Waals surface area contributed by atoms with E-state index in [0.29, 0.717) is 18.7 Å². The summed E-state index contributed by atoms with van der Waals surface area (Å²) < 4.78 is 11.3. The molecule has 0 saturated carbocycles. The van der Waals surface area contributed by atoms with Gasteiger partial charge in [-0.3, -0.25) is 9.69 Å². The molecule has 2 aromatic rings. The molecule has 1 saturated heterocycles. The summed E-state index contributed by atoms with van der Waals surface area (Å²) in [6.07, 6.45) is 0.726. The molecule has 2 atom stereocenters. The zero-order valence-electron chi connectivity index (χ0n) is 18.6. The van der Waals surface area contributed by atoms with Crippen LogP contribution in [0.3, 0.4) is 0 Å². The van der Waals surface area contributed by atoms with Gasteiger partial charge in [-0.15, -0.1) is 0 Å². The third-order valence-electron chi connectivity index (χ3n) is 5.25. The lowest BCUT2D eigenvalue weighted by Gasteiger charge is -2.35. The monoisotopic (exact) mass is 421 g/mol. The number of amides is 1. The second kappa shape index (κ2) is 10.9. The summed E-state index contributed by atoms with van der Waals surface area (Å²) in [6.45, 7) is 9.71. The van der Waals surface area contributed by atoms with Crippen molar-refractivity contribution in [2.75, 3.05) is 31.1 Å². The topological polar surface area (TPSA) is 65.8 Å². The number of benzene rings is 2. The second-order valence-electron chi connectivity index (χ2n) is 7.94. The van der Waals surface area contributed by atoms with Crippen LogP contribution in [-0.2, 0) is 11.3 Å². The van der Waals surface area contributed by atoms with E-state index in [9.17, 15) is 4.79 Å². The number of anilines is 1. The lowest BCUT2D eigenvalue weighted by Crippen LogP contribution is -2.44. The highest BCUT2D eigenvalue weighted by atomic mass is 16.5. The van der Waals surface area contributed by atoms with Gasteiger partial charge in [-0.25, -0.2) is 0 Å². The summed E-state index contributed by atoms with van der Waals surface area (Å²) in [4.78, 5) is 17.2. The van der Waals surface area contributed by atoms with E-state index in [0.717, 1.165) is 31.1 Å². The number of carbonyl (C=O) groups is 1. The molecule has 2 aromatic carbocycles. The van der Waals surface area contributed by atoms with Crippen molar-refractivity contribution in [2.45, 2.75) is 45.9 Å². The first kappa shape index (κ1) is 22.8. The predicted octanol–water partition coefficient (Wildman–Crippen LogP) is 4.25. The van der Waals surface area contributed by atoms with E-state index in [2.05, 4.69) is 24.8 Å². The lowest BCUT2D eigenvalue weighted by atomic mass is 10.1. The Hall–Kier alpha value is -2.88. The Bertz CT molecular complexity index is 880. The summed E-state index contributed by atoms with van der Waals surface area (Å²) in [5.74, 6) is 0.648. The van der Waals surface area contributed by atoms with Crippen LogP contribution in [-0.4, -0.2) is 49.3 Å². The highest BCUT2D eigenvalue weighted by molar-refractivity contribution is 6.06. The van der Waals surface area contributed by atoms with Gasteiger partial charge in [0, 0.05) is 37.4 Å². The maximum absolute atomic E-state index is 13.2. The maximum atomic E-state index is 13.2. The lowest BCUT2D eigenvalue weighted by molar-refractivity contribution is -0.0704. The Morgan fingerprint density at radius 2 is 1.77 bits per heavy atom. The number of ether oxygens (including phenoxy) is 2. The van der Waals surface area contributed by atoms with Crippen LogP contribution in [0, 0.1) is 11.3 Å². The Morgan fingerprint density at radius 1 is 1.13 bits per heavy atom. The fourth-order valence-corrected chi connectivity index (χ4v) is 3.98. The number of rotatable bonds is 8. The van der Waals surface area contributed by atoms with Gasteiger partial charge in [-0.05, 0) is 62.7 Å². The van der Waals surface area contributed by atoms with Crippen LogP contribution in [0.4, 0.5) is 5.69 Å². The summed E-state index contributed by atoms with van der Waals surface area (Å²) >= 11 is 0. The number of carbonyl (C=O) groups excluding carboxylic acids is 1. The van der Waals surface area contributed by atoms with Gasteiger partial charge in [0.25, 0.3) is 5.91 Å². The summed E-state index contributed by atoms with van der Waals surface area (Å²) in [7, 11) is 0. The van der Waals surface area contributed by atoms with Gasteiger partial charge in [0.1, 0.15) is 5.75 Å². The smallest absolute Gasteiger partial charge is 0.258 e. The number of hydrogen-bond donors (Lipinski definition) is 0. The molecule has 1 aliphatic rings. The zero-order chi connectivity index (χ0) is 22.2. The van der Waals surface area contributed by atoms with Gasteiger partial charge in [0.15, 0.2) is 0 Å². The van der Waals surface area contributed by atoms with Crippen molar-refractivity contribution < 1.29 is 14.3 Å². The fraction of sp³-hybridized carbons (Fsp3) is 0.440. The van der Waals surface area contributed by atoms with Crippen molar-refractivity contribution in [1.82, 2.24) is 4.90 Å². The first-order valence-electron chi connectivity index (χ1n) is 10.9. The van der Waals surface area contributed by atoms with Gasteiger partial charge in [0.2, 0.25) is 0 Å². The molecule has 2 unspecified atom stereocenters. The molecule has 6 heteroatoms. The highest BCUT2D eigenvalue weighted by Crippen LogP contribution is 2.22. The van der Waals surface area contributed by atoms with Gasteiger partial charge in [-0.1, -0.05) is 12.1 Å². The van der Waals surface area contributed by atoms with E-state index in [4.69, 9.17) is 14.7 Å². The average Bonchev–Trinajstić information content (AvgIpc) is 2.75. The van der Waals surface area contributed by atoms with Crippen molar-refractivity contribution in [1.29, 1.82) is 5.26 Å². The van der Waals surface area contributed by atoms with Crippen LogP contribution in [0.1, 0.15) is 43.1 Å². The fourth-order valence-electron chi connectivity index (χ4n) is 3.98. The SMILES string of the molecule is CCOc1ccc(N(CCC#N)C(=O)c2ccc(CN3CC(C)OC(C)C3)cc2)cc1. The number of nitriles is 1. The first-order chi connectivity index (χ1) is 15.0. The van der Waals surface area contributed by atoms with Crippen molar-refractivity contribution in [3.63, 3.8) is 0 Å². The molecule has 0 radical (unpaired) electrons. The van der Waals surface area contributed by atoms with Crippen molar-refractivity contribution >= 4 is 11.6 Å². The normalized spacial score (nSPS) is 18.9. The molecule has 0 spiro atoms. The van der Waals surface area contributed by atoms with Crippen molar-refractivity contribution in [2.24, 2.45) is 0 Å². The first-order valence-corrected chi connectivity index (χ1v) is 10.9. The minimum atomic E-state index is -0.112. The Labute approximate surface area is 185 Å². The summed E-state index contributed by atoms with van der Waals surface area (Å²) in [5, 5.41) is 9.04. The van der Waals surface area contributed by atoms with Crippen LogP contribution < -0.4 is 9.64 Å².